The van der Waals surface area contributed by atoms with Crippen molar-refractivity contribution in [1.29, 1.82) is 0 Å². The van der Waals surface area contributed by atoms with E-state index in [2.05, 4.69) is 11.4 Å². The number of carboxylic acid groups (broad SMARTS) is 1. The second kappa shape index (κ2) is 12.6. The number of hydrogen-bond acceptors (Lipinski definition) is 5. The standard InChI is InChI=1S/C23H27FN2O3.C2H4O2/c1-15(17-6-4-3-5-7-17)26-23(27)18-8-9-21(28-2)22(12-18)29-20-11-16(14-25)10-19(24)13-20;1-2(3)4/h6,8-13,15H,3-5,7,14,25H2,1-2H3,(H,26,27);1H3,(H,3,4). The first-order chi connectivity index (χ1) is 15.7. The van der Waals surface area contributed by atoms with E-state index in [1.807, 2.05) is 6.92 Å². The summed E-state index contributed by atoms with van der Waals surface area (Å²) in [5.41, 5.74) is 7.93. The Morgan fingerprint density at radius 1 is 1.18 bits per heavy atom. The second-order valence-electron chi connectivity index (χ2n) is 7.71. The minimum Gasteiger partial charge on any atom is -0.493 e. The highest BCUT2D eigenvalue weighted by Crippen LogP contribution is 2.33. The van der Waals surface area contributed by atoms with Gasteiger partial charge in [-0.3, -0.25) is 9.59 Å². The summed E-state index contributed by atoms with van der Waals surface area (Å²) in [6, 6.07) is 9.20. The Hall–Kier alpha value is -3.39. The van der Waals surface area contributed by atoms with Gasteiger partial charge in [0, 0.05) is 31.1 Å². The Morgan fingerprint density at radius 3 is 2.52 bits per heavy atom. The quantitative estimate of drug-likeness (QED) is 0.514. The van der Waals surface area contributed by atoms with Crippen molar-refractivity contribution in [2.24, 2.45) is 5.73 Å². The molecule has 178 valence electrons. The average Bonchev–Trinajstić information content (AvgIpc) is 2.78. The molecule has 33 heavy (non-hydrogen) atoms. The number of carboxylic acids is 1. The highest BCUT2D eigenvalue weighted by atomic mass is 19.1. The van der Waals surface area contributed by atoms with E-state index in [1.54, 1.807) is 24.3 Å². The number of amides is 1. The first-order valence-corrected chi connectivity index (χ1v) is 10.8. The van der Waals surface area contributed by atoms with Crippen LogP contribution in [0.2, 0.25) is 0 Å². The van der Waals surface area contributed by atoms with Crippen LogP contribution in [0.4, 0.5) is 4.39 Å². The molecule has 0 bridgehead atoms. The van der Waals surface area contributed by atoms with Crippen molar-refractivity contribution < 1.29 is 28.6 Å². The van der Waals surface area contributed by atoms with Gasteiger partial charge in [-0.05, 0) is 68.5 Å². The molecule has 4 N–H and O–H groups in total. The Kier molecular flexibility index (Phi) is 9.87. The smallest absolute Gasteiger partial charge is 0.300 e. The van der Waals surface area contributed by atoms with Crippen molar-refractivity contribution in [3.8, 4) is 17.2 Å². The summed E-state index contributed by atoms with van der Waals surface area (Å²) >= 11 is 0. The number of aliphatic carboxylic acids is 1. The molecule has 1 aliphatic carbocycles. The largest absolute Gasteiger partial charge is 0.493 e. The van der Waals surface area contributed by atoms with Gasteiger partial charge in [-0.25, -0.2) is 4.39 Å². The number of nitrogens with one attached hydrogen (secondary N) is 1. The van der Waals surface area contributed by atoms with Crippen LogP contribution >= 0.6 is 0 Å². The fourth-order valence-corrected chi connectivity index (χ4v) is 3.45. The minimum atomic E-state index is -0.833. The van der Waals surface area contributed by atoms with Gasteiger partial charge in [-0.1, -0.05) is 11.6 Å². The lowest BCUT2D eigenvalue weighted by atomic mass is 9.94. The number of hydrogen-bond donors (Lipinski definition) is 3. The zero-order valence-corrected chi connectivity index (χ0v) is 19.2. The molecule has 0 saturated carbocycles. The highest BCUT2D eigenvalue weighted by molar-refractivity contribution is 5.95. The van der Waals surface area contributed by atoms with Crippen molar-refractivity contribution in [3.05, 3.63) is 65.0 Å². The van der Waals surface area contributed by atoms with E-state index in [1.165, 1.54) is 31.2 Å². The molecule has 0 fully saturated rings. The van der Waals surface area contributed by atoms with Gasteiger partial charge in [0.05, 0.1) is 7.11 Å². The first-order valence-electron chi connectivity index (χ1n) is 10.8. The van der Waals surface area contributed by atoms with Gasteiger partial charge >= 0.3 is 0 Å². The zero-order valence-electron chi connectivity index (χ0n) is 19.2. The third-order valence-corrected chi connectivity index (χ3v) is 5.05. The number of carbonyl (C=O) groups is 2. The van der Waals surface area contributed by atoms with Crippen molar-refractivity contribution in [2.75, 3.05) is 7.11 Å². The molecule has 3 rings (SSSR count). The third kappa shape index (κ3) is 8.23. The lowest BCUT2D eigenvalue weighted by Crippen LogP contribution is -2.34. The molecule has 0 saturated heterocycles. The predicted molar refractivity (Wildman–Crippen MR) is 124 cm³/mol. The van der Waals surface area contributed by atoms with E-state index in [4.69, 9.17) is 25.1 Å². The number of ether oxygens (including phenoxy) is 2. The number of carbonyl (C=O) groups excluding carboxylic acids is 1. The molecule has 1 unspecified atom stereocenters. The van der Waals surface area contributed by atoms with Gasteiger partial charge in [0.1, 0.15) is 11.6 Å². The maximum Gasteiger partial charge on any atom is 0.300 e. The van der Waals surface area contributed by atoms with Gasteiger partial charge < -0.3 is 25.6 Å². The summed E-state index contributed by atoms with van der Waals surface area (Å²) in [5, 5.41) is 10.5. The molecule has 0 heterocycles. The molecule has 1 aliphatic rings. The molecule has 8 heteroatoms. The van der Waals surface area contributed by atoms with Crippen LogP contribution in [0, 0.1) is 5.82 Å². The van der Waals surface area contributed by atoms with E-state index in [0.29, 0.717) is 28.4 Å². The van der Waals surface area contributed by atoms with Crippen LogP contribution in [-0.2, 0) is 11.3 Å². The van der Waals surface area contributed by atoms with E-state index < -0.39 is 11.8 Å². The van der Waals surface area contributed by atoms with Crippen LogP contribution in [0.1, 0.15) is 55.5 Å². The summed E-state index contributed by atoms with van der Waals surface area (Å²) in [7, 11) is 1.51. The second-order valence-corrected chi connectivity index (χ2v) is 7.71. The molecule has 1 atom stereocenters. The summed E-state index contributed by atoms with van der Waals surface area (Å²) in [5.74, 6) is -0.396. The van der Waals surface area contributed by atoms with Crippen LogP contribution in [-0.4, -0.2) is 30.1 Å². The van der Waals surface area contributed by atoms with Gasteiger partial charge in [-0.2, -0.15) is 0 Å². The summed E-state index contributed by atoms with van der Waals surface area (Å²) in [6.07, 6.45) is 6.66. The molecule has 2 aromatic carbocycles. The molecule has 1 amide bonds. The molecule has 0 spiro atoms. The molecule has 0 aromatic heterocycles. The van der Waals surface area contributed by atoms with Crippen molar-refractivity contribution >= 4 is 11.9 Å². The first kappa shape index (κ1) is 25.9. The van der Waals surface area contributed by atoms with Gasteiger partial charge in [0.2, 0.25) is 0 Å². The van der Waals surface area contributed by atoms with Crippen molar-refractivity contribution in [3.63, 3.8) is 0 Å². The lowest BCUT2D eigenvalue weighted by molar-refractivity contribution is -0.134. The zero-order chi connectivity index (χ0) is 24.4. The minimum absolute atomic E-state index is 0.0235. The Labute approximate surface area is 193 Å². The molecule has 0 aliphatic heterocycles. The van der Waals surface area contributed by atoms with Gasteiger partial charge in [-0.15, -0.1) is 0 Å². The molecule has 0 radical (unpaired) electrons. The van der Waals surface area contributed by atoms with Crippen LogP contribution in [0.15, 0.2) is 48.0 Å². The van der Waals surface area contributed by atoms with Crippen LogP contribution in [0.3, 0.4) is 0 Å². The number of allylic oxidation sites excluding steroid dienone is 1. The van der Waals surface area contributed by atoms with E-state index >= 15 is 0 Å². The van der Waals surface area contributed by atoms with Crippen molar-refractivity contribution in [1.82, 2.24) is 5.32 Å². The van der Waals surface area contributed by atoms with E-state index in [9.17, 15) is 9.18 Å². The molecular formula is C25H31FN2O5. The van der Waals surface area contributed by atoms with Gasteiger partial charge in [0.25, 0.3) is 11.9 Å². The SMILES string of the molecule is CC(=O)O.COc1ccc(C(=O)NC(C)C2=CCCCC2)cc1Oc1cc(F)cc(CN)c1. The van der Waals surface area contributed by atoms with Crippen LogP contribution in [0.5, 0.6) is 17.2 Å². The number of rotatable bonds is 7. The van der Waals surface area contributed by atoms with E-state index in [-0.39, 0.29) is 18.5 Å². The Morgan fingerprint density at radius 2 is 1.91 bits per heavy atom. The summed E-state index contributed by atoms with van der Waals surface area (Å²) < 4.78 is 24.9. The normalized spacial score (nSPS) is 13.7. The molecule has 7 nitrogen and oxygen atoms in total. The fraction of sp³-hybridized carbons (Fsp3) is 0.360. The van der Waals surface area contributed by atoms with Crippen molar-refractivity contribution in [2.45, 2.75) is 52.1 Å². The van der Waals surface area contributed by atoms with Crippen LogP contribution in [0.25, 0.3) is 0 Å². The summed E-state index contributed by atoms with van der Waals surface area (Å²) in [6.45, 7) is 3.28. The monoisotopic (exact) mass is 458 g/mol. The third-order valence-electron chi connectivity index (χ3n) is 5.05. The topological polar surface area (TPSA) is 111 Å². The average molecular weight is 459 g/mol. The maximum absolute atomic E-state index is 13.8. The number of nitrogens with two attached hydrogens (primary N) is 1. The molecule has 2 aromatic rings. The number of benzene rings is 2. The van der Waals surface area contributed by atoms with Gasteiger partial charge in [0.15, 0.2) is 11.5 Å². The lowest BCUT2D eigenvalue weighted by Gasteiger charge is -2.21. The summed E-state index contributed by atoms with van der Waals surface area (Å²) in [4.78, 5) is 21.7. The number of methoxy groups -OCH3 is 1. The molecular weight excluding hydrogens is 427 g/mol. The number of halogens is 1. The highest BCUT2D eigenvalue weighted by Gasteiger charge is 2.17. The fourth-order valence-electron chi connectivity index (χ4n) is 3.45. The van der Waals surface area contributed by atoms with Crippen LogP contribution < -0.4 is 20.5 Å². The maximum atomic E-state index is 13.8. The predicted octanol–water partition coefficient (Wildman–Crippen LogP) is 4.79. The Balaban J connectivity index is 0.000000890. The van der Waals surface area contributed by atoms with E-state index in [0.717, 1.165) is 26.2 Å². The Bertz CT molecular complexity index is 1000.